The summed E-state index contributed by atoms with van der Waals surface area (Å²) in [6.07, 6.45) is 2.97. The van der Waals surface area contributed by atoms with Crippen LogP contribution in [0, 0.1) is 6.92 Å². The average Bonchev–Trinajstić information content (AvgIpc) is 3.46. The van der Waals surface area contributed by atoms with Gasteiger partial charge in [0.15, 0.2) is 0 Å². The van der Waals surface area contributed by atoms with Crippen molar-refractivity contribution < 1.29 is 18.5 Å². The van der Waals surface area contributed by atoms with Crippen molar-refractivity contribution in [1.82, 2.24) is 20.4 Å². The molecule has 0 bridgehead atoms. The summed E-state index contributed by atoms with van der Waals surface area (Å²) in [5.41, 5.74) is 2.22. The normalized spacial score (nSPS) is 16.7. The maximum absolute atomic E-state index is 13.5. The molecular weight excluding hydrogens is 372 g/mol. The summed E-state index contributed by atoms with van der Waals surface area (Å²) in [5, 5.41) is 7.46. The Morgan fingerprint density at radius 2 is 2.21 bits per heavy atom. The molecule has 0 radical (unpaired) electrons. The molecule has 1 aliphatic rings. The lowest BCUT2D eigenvalue weighted by molar-refractivity contribution is -0.125. The quantitative estimate of drug-likeness (QED) is 0.711. The Morgan fingerprint density at radius 3 is 2.93 bits per heavy atom. The lowest BCUT2D eigenvalue weighted by Gasteiger charge is -2.24. The summed E-state index contributed by atoms with van der Waals surface area (Å²) < 4.78 is 10.6. The van der Waals surface area contributed by atoms with Gasteiger partial charge in [-0.25, -0.2) is 4.98 Å². The number of aryl methyl sites for hydroxylation is 1. The monoisotopic (exact) mass is 396 g/mol. The van der Waals surface area contributed by atoms with Crippen LogP contribution in [-0.2, 0) is 11.3 Å². The van der Waals surface area contributed by atoms with Gasteiger partial charge in [-0.3, -0.25) is 9.59 Å². The SMILES string of the molecule is Cc1noc2nc(C(C)C)cc(C(=O)N3CCCC3C(=O)NCc3ccco3)c12. The van der Waals surface area contributed by atoms with Crippen molar-refractivity contribution in [2.24, 2.45) is 0 Å². The van der Waals surface area contributed by atoms with Crippen LogP contribution in [0.5, 0.6) is 0 Å². The number of amides is 2. The fraction of sp³-hybridized carbons (Fsp3) is 0.429. The number of hydrogen-bond donors (Lipinski definition) is 1. The van der Waals surface area contributed by atoms with E-state index in [-0.39, 0.29) is 17.7 Å². The first-order valence-electron chi connectivity index (χ1n) is 9.83. The molecule has 2 amide bonds. The fourth-order valence-corrected chi connectivity index (χ4v) is 3.72. The number of nitrogens with one attached hydrogen (secondary N) is 1. The minimum Gasteiger partial charge on any atom is -0.467 e. The lowest BCUT2D eigenvalue weighted by atomic mass is 10.0. The molecule has 1 unspecified atom stereocenters. The molecule has 0 aliphatic carbocycles. The Balaban J connectivity index is 1.61. The zero-order valence-corrected chi connectivity index (χ0v) is 16.8. The smallest absolute Gasteiger partial charge is 0.259 e. The van der Waals surface area contributed by atoms with E-state index in [9.17, 15) is 9.59 Å². The average molecular weight is 396 g/mol. The molecule has 1 atom stereocenters. The second-order valence-corrected chi connectivity index (χ2v) is 7.65. The number of carbonyl (C=O) groups excluding carboxylic acids is 2. The van der Waals surface area contributed by atoms with Crippen molar-refractivity contribution in [2.75, 3.05) is 6.54 Å². The van der Waals surface area contributed by atoms with Gasteiger partial charge in [0.1, 0.15) is 11.8 Å². The van der Waals surface area contributed by atoms with Gasteiger partial charge in [0.2, 0.25) is 5.91 Å². The number of pyridine rings is 1. The number of carbonyl (C=O) groups is 2. The van der Waals surface area contributed by atoms with Gasteiger partial charge in [0.05, 0.1) is 29.5 Å². The molecule has 0 aromatic carbocycles. The molecule has 1 aliphatic heterocycles. The van der Waals surface area contributed by atoms with Crippen LogP contribution in [-0.4, -0.2) is 39.4 Å². The maximum atomic E-state index is 13.5. The van der Waals surface area contributed by atoms with Crippen molar-refractivity contribution >= 4 is 22.9 Å². The molecule has 3 aromatic heterocycles. The Kier molecular flexibility index (Phi) is 5.08. The highest BCUT2D eigenvalue weighted by molar-refractivity contribution is 6.07. The van der Waals surface area contributed by atoms with E-state index in [2.05, 4.69) is 15.5 Å². The topological polar surface area (TPSA) is 101 Å². The number of nitrogens with zero attached hydrogens (tertiary/aromatic N) is 3. The molecule has 8 heteroatoms. The molecule has 29 heavy (non-hydrogen) atoms. The van der Waals surface area contributed by atoms with E-state index in [1.165, 1.54) is 0 Å². The van der Waals surface area contributed by atoms with E-state index in [0.717, 1.165) is 12.1 Å². The van der Waals surface area contributed by atoms with Gasteiger partial charge in [0, 0.05) is 12.2 Å². The van der Waals surface area contributed by atoms with E-state index >= 15 is 0 Å². The summed E-state index contributed by atoms with van der Waals surface area (Å²) in [4.78, 5) is 32.3. The first-order valence-corrected chi connectivity index (χ1v) is 9.83. The predicted molar refractivity (Wildman–Crippen MR) is 105 cm³/mol. The third kappa shape index (κ3) is 3.62. The molecule has 152 valence electrons. The molecule has 0 saturated carbocycles. The van der Waals surface area contributed by atoms with Gasteiger partial charge in [-0.2, -0.15) is 0 Å². The lowest BCUT2D eigenvalue weighted by Crippen LogP contribution is -2.45. The van der Waals surface area contributed by atoms with E-state index in [0.29, 0.717) is 47.6 Å². The first-order chi connectivity index (χ1) is 14.0. The van der Waals surface area contributed by atoms with Gasteiger partial charge < -0.3 is 19.2 Å². The molecule has 4 heterocycles. The zero-order valence-electron chi connectivity index (χ0n) is 16.8. The van der Waals surface area contributed by atoms with Crippen LogP contribution in [0.4, 0.5) is 0 Å². The number of likely N-dealkylation sites (tertiary alicyclic amines) is 1. The second-order valence-electron chi connectivity index (χ2n) is 7.65. The van der Waals surface area contributed by atoms with Gasteiger partial charge in [-0.05, 0) is 43.9 Å². The van der Waals surface area contributed by atoms with E-state index < -0.39 is 6.04 Å². The third-order valence-corrected chi connectivity index (χ3v) is 5.29. The van der Waals surface area contributed by atoms with E-state index in [1.807, 2.05) is 13.8 Å². The highest BCUT2D eigenvalue weighted by Gasteiger charge is 2.36. The summed E-state index contributed by atoms with van der Waals surface area (Å²) in [5.74, 6) is 0.430. The van der Waals surface area contributed by atoms with Crippen LogP contribution in [0.25, 0.3) is 11.1 Å². The summed E-state index contributed by atoms with van der Waals surface area (Å²) >= 11 is 0. The van der Waals surface area contributed by atoms with Crippen molar-refractivity contribution in [2.45, 2.75) is 52.1 Å². The van der Waals surface area contributed by atoms with Crippen molar-refractivity contribution in [1.29, 1.82) is 0 Å². The Bertz CT molecular complexity index is 1040. The minimum absolute atomic E-state index is 0.127. The highest BCUT2D eigenvalue weighted by Crippen LogP contribution is 2.28. The number of furan rings is 1. The largest absolute Gasteiger partial charge is 0.467 e. The van der Waals surface area contributed by atoms with Gasteiger partial charge in [0.25, 0.3) is 11.6 Å². The second kappa shape index (κ2) is 7.69. The van der Waals surface area contributed by atoms with Gasteiger partial charge in [-0.1, -0.05) is 19.0 Å². The van der Waals surface area contributed by atoms with Crippen molar-refractivity contribution in [3.63, 3.8) is 0 Å². The summed E-state index contributed by atoms with van der Waals surface area (Å²) in [6.45, 7) is 6.63. The zero-order chi connectivity index (χ0) is 20.5. The molecule has 8 nitrogen and oxygen atoms in total. The van der Waals surface area contributed by atoms with Crippen LogP contribution in [0.2, 0.25) is 0 Å². The molecule has 4 rings (SSSR count). The summed E-state index contributed by atoms with van der Waals surface area (Å²) in [6, 6.07) is 4.86. The number of rotatable bonds is 5. The van der Waals surface area contributed by atoms with Crippen LogP contribution >= 0.6 is 0 Å². The van der Waals surface area contributed by atoms with Crippen molar-refractivity contribution in [3.8, 4) is 0 Å². The predicted octanol–water partition coefficient (Wildman–Crippen LogP) is 3.17. The third-order valence-electron chi connectivity index (χ3n) is 5.29. The molecule has 1 fully saturated rings. The number of hydrogen-bond acceptors (Lipinski definition) is 6. The van der Waals surface area contributed by atoms with Gasteiger partial charge >= 0.3 is 0 Å². The molecular formula is C21H24N4O4. The Hall–Kier alpha value is -3.16. The summed E-state index contributed by atoms with van der Waals surface area (Å²) in [7, 11) is 0. The fourth-order valence-electron chi connectivity index (χ4n) is 3.72. The van der Waals surface area contributed by atoms with Gasteiger partial charge in [-0.15, -0.1) is 0 Å². The maximum Gasteiger partial charge on any atom is 0.259 e. The van der Waals surface area contributed by atoms with Crippen LogP contribution in [0.1, 0.15) is 60.1 Å². The van der Waals surface area contributed by atoms with Crippen LogP contribution in [0.3, 0.4) is 0 Å². The molecule has 1 N–H and O–H groups in total. The Labute approximate surface area is 168 Å². The standard InChI is InChI=1S/C21H24N4O4/c1-12(2)16-10-15(18-13(3)24-29-20(18)23-16)21(27)25-8-4-7-17(25)19(26)22-11-14-6-5-9-28-14/h5-6,9-10,12,17H,4,7-8,11H2,1-3H3,(H,22,26). The number of fused-ring (bicyclic) bond motifs is 1. The molecule has 3 aromatic rings. The molecule has 1 saturated heterocycles. The molecule has 0 spiro atoms. The number of aromatic nitrogens is 2. The Morgan fingerprint density at radius 1 is 1.38 bits per heavy atom. The van der Waals surface area contributed by atoms with E-state index in [1.54, 1.807) is 36.3 Å². The first kappa shape index (κ1) is 19.2. The van der Waals surface area contributed by atoms with Crippen LogP contribution < -0.4 is 5.32 Å². The van der Waals surface area contributed by atoms with Crippen LogP contribution in [0.15, 0.2) is 33.4 Å². The minimum atomic E-state index is -0.511. The van der Waals surface area contributed by atoms with E-state index in [4.69, 9.17) is 8.94 Å². The van der Waals surface area contributed by atoms with Crippen molar-refractivity contribution in [3.05, 3.63) is 47.2 Å². The highest BCUT2D eigenvalue weighted by atomic mass is 16.5.